The predicted octanol–water partition coefficient (Wildman–Crippen LogP) is 1.49. The topological polar surface area (TPSA) is 63.3 Å². The van der Waals surface area contributed by atoms with E-state index in [-0.39, 0.29) is 16.6 Å². The minimum absolute atomic E-state index is 0.0856. The van der Waals surface area contributed by atoms with Crippen LogP contribution in [-0.2, 0) is 4.79 Å². The van der Waals surface area contributed by atoms with E-state index in [4.69, 9.17) is 22.4 Å². The maximum Gasteiger partial charge on any atom is 0.337 e. The third-order valence-electron chi connectivity index (χ3n) is 1.18. The van der Waals surface area contributed by atoms with Crippen LogP contribution in [0.2, 0.25) is 0 Å². The second kappa shape index (κ2) is 4.83. The SMILES string of the molecule is C/C(N)=C(\C=C/C(C)Cl)C(=O)O. The molecule has 3 N–H and O–H groups in total. The Bertz CT molecular complexity index is 227. The number of halogens is 1. The highest BCUT2D eigenvalue weighted by molar-refractivity contribution is 6.21. The summed E-state index contributed by atoms with van der Waals surface area (Å²) < 4.78 is 0. The lowest BCUT2D eigenvalue weighted by Gasteiger charge is -1.98. The van der Waals surface area contributed by atoms with Gasteiger partial charge in [-0.15, -0.1) is 11.6 Å². The van der Waals surface area contributed by atoms with E-state index in [1.165, 1.54) is 13.0 Å². The average Bonchev–Trinajstić information content (AvgIpc) is 1.84. The summed E-state index contributed by atoms with van der Waals surface area (Å²) in [5, 5.41) is 8.43. The molecular weight excluding hydrogens is 178 g/mol. The lowest BCUT2D eigenvalue weighted by atomic mass is 10.2. The highest BCUT2D eigenvalue weighted by atomic mass is 35.5. The van der Waals surface area contributed by atoms with Gasteiger partial charge in [0.05, 0.1) is 5.57 Å². The molecule has 0 saturated carbocycles. The molecule has 0 saturated heterocycles. The van der Waals surface area contributed by atoms with E-state index in [9.17, 15) is 4.79 Å². The van der Waals surface area contributed by atoms with E-state index in [2.05, 4.69) is 0 Å². The van der Waals surface area contributed by atoms with Gasteiger partial charge in [-0.1, -0.05) is 6.08 Å². The van der Waals surface area contributed by atoms with Crippen molar-refractivity contribution in [2.75, 3.05) is 0 Å². The molecule has 0 fully saturated rings. The molecule has 3 nitrogen and oxygen atoms in total. The zero-order valence-electron chi connectivity index (χ0n) is 7.04. The minimum Gasteiger partial charge on any atom is -0.478 e. The molecule has 0 aliphatic heterocycles. The van der Waals surface area contributed by atoms with Crippen LogP contribution in [0.25, 0.3) is 0 Å². The summed E-state index contributed by atoms with van der Waals surface area (Å²) in [6.07, 6.45) is 2.98. The van der Waals surface area contributed by atoms with E-state index < -0.39 is 5.97 Å². The molecule has 0 aliphatic carbocycles. The lowest BCUT2D eigenvalue weighted by molar-refractivity contribution is -0.132. The summed E-state index contributed by atoms with van der Waals surface area (Å²) in [5.74, 6) is -1.04. The summed E-state index contributed by atoms with van der Waals surface area (Å²) in [4.78, 5) is 10.5. The molecule has 4 heteroatoms. The Labute approximate surface area is 76.5 Å². The molecule has 0 aromatic rings. The van der Waals surface area contributed by atoms with Crippen molar-refractivity contribution in [3.8, 4) is 0 Å². The third kappa shape index (κ3) is 4.03. The second-order valence-corrected chi connectivity index (χ2v) is 3.13. The Morgan fingerprint density at radius 2 is 2.17 bits per heavy atom. The number of allylic oxidation sites excluding steroid dienone is 2. The van der Waals surface area contributed by atoms with Crippen LogP contribution in [-0.4, -0.2) is 16.5 Å². The van der Waals surface area contributed by atoms with E-state index in [0.717, 1.165) is 0 Å². The molecule has 1 unspecified atom stereocenters. The van der Waals surface area contributed by atoms with Crippen LogP contribution in [0.1, 0.15) is 13.8 Å². The number of aliphatic carboxylic acids is 1. The molecular formula is C8H12ClNO2. The Balaban J connectivity index is 4.59. The maximum atomic E-state index is 10.5. The first-order valence-electron chi connectivity index (χ1n) is 3.47. The molecule has 0 aromatic heterocycles. The Morgan fingerprint density at radius 1 is 1.67 bits per heavy atom. The molecule has 12 heavy (non-hydrogen) atoms. The zero-order valence-corrected chi connectivity index (χ0v) is 7.80. The van der Waals surface area contributed by atoms with Crippen LogP contribution >= 0.6 is 11.6 Å². The van der Waals surface area contributed by atoms with E-state index in [0.29, 0.717) is 0 Å². The van der Waals surface area contributed by atoms with Gasteiger partial charge in [-0.25, -0.2) is 4.79 Å². The van der Waals surface area contributed by atoms with E-state index in [1.54, 1.807) is 13.0 Å². The smallest absolute Gasteiger partial charge is 0.337 e. The molecule has 0 heterocycles. The van der Waals surface area contributed by atoms with Crippen LogP contribution < -0.4 is 5.73 Å². The highest BCUT2D eigenvalue weighted by Crippen LogP contribution is 2.04. The Hall–Kier alpha value is -0.960. The maximum absolute atomic E-state index is 10.5. The number of nitrogens with two attached hydrogens (primary N) is 1. The largest absolute Gasteiger partial charge is 0.478 e. The summed E-state index contributed by atoms with van der Waals surface area (Å²) in [7, 11) is 0. The number of hydrogen-bond acceptors (Lipinski definition) is 2. The van der Waals surface area contributed by atoms with Crippen LogP contribution in [0.5, 0.6) is 0 Å². The van der Waals surface area contributed by atoms with Crippen molar-refractivity contribution < 1.29 is 9.90 Å². The Morgan fingerprint density at radius 3 is 2.42 bits per heavy atom. The van der Waals surface area contributed by atoms with Crippen LogP contribution in [0.4, 0.5) is 0 Å². The van der Waals surface area contributed by atoms with E-state index in [1.807, 2.05) is 0 Å². The first-order chi connectivity index (χ1) is 5.45. The molecule has 0 bridgehead atoms. The molecule has 1 atom stereocenters. The van der Waals surface area contributed by atoms with Gasteiger partial charge in [-0.05, 0) is 19.9 Å². The van der Waals surface area contributed by atoms with E-state index >= 15 is 0 Å². The van der Waals surface area contributed by atoms with Crippen molar-refractivity contribution in [2.45, 2.75) is 19.2 Å². The van der Waals surface area contributed by atoms with Gasteiger partial charge >= 0.3 is 5.97 Å². The molecule has 0 amide bonds. The fourth-order valence-electron chi connectivity index (χ4n) is 0.600. The number of rotatable bonds is 3. The fourth-order valence-corrected chi connectivity index (χ4v) is 0.673. The van der Waals surface area contributed by atoms with Crippen molar-refractivity contribution in [1.82, 2.24) is 0 Å². The fraction of sp³-hybridized carbons (Fsp3) is 0.375. The van der Waals surface area contributed by atoms with Gasteiger partial charge in [-0.2, -0.15) is 0 Å². The average molecular weight is 190 g/mol. The Kier molecular flexibility index (Phi) is 4.44. The number of alkyl halides is 1. The molecule has 0 spiro atoms. The van der Waals surface area contributed by atoms with Crippen molar-refractivity contribution in [3.05, 3.63) is 23.4 Å². The normalized spacial score (nSPS) is 15.9. The zero-order chi connectivity index (χ0) is 9.72. The second-order valence-electron chi connectivity index (χ2n) is 2.44. The lowest BCUT2D eigenvalue weighted by Crippen LogP contribution is -2.06. The van der Waals surface area contributed by atoms with Gasteiger partial charge < -0.3 is 10.8 Å². The van der Waals surface area contributed by atoms with Gasteiger partial charge in [0.15, 0.2) is 0 Å². The van der Waals surface area contributed by atoms with Crippen molar-refractivity contribution in [3.63, 3.8) is 0 Å². The van der Waals surface area contributed by atoms with Crippen molar-refractivity contribution in [2.24, 2.45) is 5.73 Å². The van der Waals surface area contributed by atoms with Gasteiger partial charge in [0.2, 0.25) is 0 Å². The number of carbonyl (C=O) groups is 1. The van der Waals surface area contributed by atoms with Gasteiger partial charge in [0.1, 0.15) is 0 Å². The number of carboxylic acids is 1. The molecule has 0 aromatic carbocycles. The monoisotopic (exact) mass is 189 g/mol. The van der Waals surface area contributed by atoms with Crippen LogP contribution in [0.15, 0.2) is 23.4 Å². The summed E-state index contributed by atoms with van der Waals surface area (Å²) in [6, 6.07) is 0. The first-order valence-corrected chi connectivity index (χ1v) is 3.90. The van der Waals surface area contributed by atoms with Gasteiger partial charge in [0, 0.05) is 11.1 Å². The quantitative estimate of drug-likeness (QED) is 0.402. The van der Waals surface area contributed by atoms with Crippen molar-refractivity contribution >= 4 is 17.6 Å². The standard InChI is InChI=1S/C8H12ClNO2/c1-5(9)3-4-7(6(2)10)8(11)12/h3-5H,10H2,1-2H3,(H,11,12)/b4-3-,7-6-. The summed E-state index contributed by atoms with van der Waals surface area (Å²) in [6.45, 7) is 3.27. The molecule has 68 valence electrons. The number of carboxylic acid groups (broad SMARTS) is 1. The van der Waals surface area contributed by atoms with Gasteiger partial charge in [0.25, 0.3) is 0 Å². The van der Waals surface area contributed by atoms with Gasteiger partial charge in [-0.3, -0.25) is 0 Å². The van der Waals surface area contributed by atoms with Crippen LogP contribution in [0.3, 0.4) is 0 Å². The predicted molar refractivity (Wildman–Crippen MR) is 49.0 cm³/mol. The number of hydrogen-bond donors (Lipinski definition) is 2. The molecule has 0 aliphatic rings. The van der Waals surface area contributed by atoms with Crippen LogP contribution in [0, 0.1) is 0 Å². The molecule has 0 rings (SSSR count). The first kappa shape index (κ1) is 11.0. The minimum atomic E-state index is -1.04. The highest BCUT2D eigenvalue weighted by Gasteiger charge is 2.05. The third-order valence-corrected chi connectivity index (χ3v) is 1.33. The summed E-state index contributed by atoms with van der Waals surface area (Å²) >= 11 is 5.59. The van der Waals surface area contributed by atoms with Crippen molar-refractivity contribution in [1.29, 1.82) is 0 Å². The molecule has 0 radical (unpaired) electrons. The summed E-state index contributed by atoms with van der Waals surface area (Å²) in [5.41, 5.74) is 5.69.